The van der Waals surface area contributed by atoms with Crippen molar-refractivity contribution in [3.05, 3.63) is 130 Å². The lowest BCUT2D eigenvalue weighted by atomic mass is 10.0. The van der Waals surface area contributed by atoms with Gasteiger partial charge in [0.15, 0.2) is 0 Å². The van der Waals surface area contributed by atoms with Crippen molar-refractivity contribution in [3.8, 4) is 0 Å². The molecule has 0 bridgehead atoms. The number of aryl methyl sites for hydroxylation is 1. The molecule has 0 aliphatic rings. The molecule has 0 saturated carbocycles. The summed E-state index contributed by atoms with van der Waals surface area (Å²) in [5, 5.41) is 3.60. The predicted octanol–water partition coefficient (Wildman–Crippen LogP) is 6.92. The number of halogens is 2. The molecule has 0 unspecified atom stereocenters. The zero-order valence-corrected chi connectivity index (χ0v) is 27.8. The highest BCUT2D eigenvalue weighted by atomic mass is 35.5. The third kappa shape index (κ3) is 8.87. The van der Waals surface area contributed by atoms with Crippen molar-refractivity contribution in [2.24, 2.45) is 0 Å². The average molecular weight is 667 g/mol. The molecule has 4 aromatic carbocycles. The van der Waals surface area contributed by atoms with Crippen molar-refractivity contribution in [1.29, 1.82) is 0 Å². The molecule has 0 aliphatic heterocycles. The quantitative estimate of drug-likeness (QED) is 0.168. The Balaban J connectivity index is 1.81. The summed E-state index contributed by atoms with van der Waals surface area (Å²) in [6.07, 6.45) is 0.983. The summed E-state index contributed by atoms with van der Waals surface area (Å²) in [6.45, 7) is 5.15. The Morgan fingerprint density at radius 3 is 1.96 bits per heavy atom. The molecular weight excluding hydrogens is 629 g/mol. The summed E-state index contributed by atoms with van der Waals surface area (Å²) < 4.78 is 29.2. The zero-order chi connectivity index (χ0) is 32.6. The lowest BCUT2D eigenvalue weighted by Gasteiger charge is -2.34. The first-order chi connectivity index (χ1) is 21.5. The van der Waals surface area contributed by atoms with Gasteiger partial charge in [-0.3, -0.25) is 13.9 Å². The first-order valence-corrected chi connectivity index (χ1v) is 16.9. The van der Waals surface area contributed by atoms with Gasteiger partial charge in [-0.25, -0.2) is 8.42 Å². The molecule has 0 spiro atoms. The Morgan fingerprint density at radius 2 is 1.38 bits per heavy atom. The maximum absolute atomic E-state index is 14.5. The van der Waals surface area contributed by atoms with Crippen molar-refractivity contribution >= 4 is 50.7 Å². The van der Waals surface area contributed by atoms with E-state index in [0.717, 1.165) is 21.9 Å². The number of nitrogens with one attached hydrogen (secondary N) is 1. The van der Waals surface area contributed by atoms with E-state index in [0.29, 0.717) is 21.3 Å². The molecule has 0 radical (unpaired) electrons. The summed E-state index contributed by atoms with van der Waals surface area (Å²) in [6, 6.07) is 28.3. The molecular formula is C35H37Cl2N3O4S. The molecule has 0 fully saturated rings. The standard InChI is InChI=1S/C35H37Cl2N3O4S/c1-4-26-15-18-29(19-16-26)40(45(43,44)30-13-9-6-10-14-30)24-34(41)39(23-28-17-20-31(36)32(37)21-28)33(35(42)38-25(2)3)22-27-11-7-5-8-12-27/h5-21,25,33H,4,22-24H2,1-3H3,(H,38,42)/t33-/m1/s1. The third-order valence-corrected chi connectivity index (χ3v) is 9.81. The van der Waals surface area contributed by atoms with Crippen LogP contribution >= 0.6 is 23.2 Å². The van der Waals surface area contributed by atoms with Gasteiger partial charge in [-0.1, -0.05) is 96.9 Å². The molecule has 0 saturated heterocycles. The van der Waals surface area contributed by atoms with E-state index in [2.05, 4.69) is 5.32 Å². The molecule has 7 nitrogen and oxygen atoms in total. The van der Waals surface area contributed by atoms with Crippen LogP contribution in [0.15, 0.2) is 108 Å². The molecule has 45 heavy (non-hydrogen) atoms. The minimum Gasteiger partial charge on any atom is -0.352 e. The van der Waals surface area contributed by atoms with Crippen LogP contribution in [0.2, 0.25) is 10.0 Å². The van der Waals surface area contributed by atoms with Crippen molar-refractivity contribution in [2.45, 2.75) is 57.1 Å². The van der Waals surface area contributed by atoms with Gasteiger partial charge in [-0.15, -0.1) is 0 Å². The summed E-state index contributed by atoms with van der Waals surface area (Å²) in [4.78, 5) is 29.7. The Labute approximate surface area is 275 Å². The number of carbonyl (C=O) groups is 2. The first kappa shape index (κ1) is 34.0. The van der Waals surface area contributed by atoms with Crippen molar-refractivity contribution in [1.82, 2.24) is 10.2 Å². The first-order valence-electron chi connectivity index (χ1n) is 14.7. The van der Waals surface area contributed by atoms with E-state index in [-0.39, 0.29) is 29.8 Å². The summed E-state index contributed by atoms with van der Waals surface area (Å²) in [5.74, 6) is -0.910. The minimum absolute atomic E-state index is 0.00721. The van der Waals surface area contributed by atoms with Crippen LogP contribution in [0.25, 0.3) is 0 Å². The fourth-order valence-corrected chi connectivity index (χ4v) is 6.67. The Hall–Kier alpha value is -3.85. The molecule has 4 aromatic rings. The van der Waals surface area contributed by atoms with Gasteiger partial charge in [0, 0.05) is 19.0 Å². The minimum atomic E-state index is -4.16. The van der Waals surface area contributed by atoms with E-state index in [1.54, 1.807) is 48.5 Å². The summed E-state index contributed by atoms with van der Waals surface area (Å²) in [5.41, 5.74) is 2.84. The van der Waals surface area contributed by atoms with Gasteiger partial charge >= 0.3 is 0 Å². The molecule has 2 amide bonds. The van der Waals surface area contributed by atoms with E-state index in [4.69, 9.17) is 23.2 Å². The van der Waals surface area contributed by atoms with E-state index in [1.165, 1.54) is 17.0 Å². The van der Waals surface area contributed by atoms with Gasteiger partial charge in [0.05, 0.1) is 20.6 Å². The van der Waals surface area contributed by atoms with Crippen molar-refractivity contribution in [3.63, 3.8) is 0 Å². The number of amides is 2. The van der Waals surface area contributed by atoms with Crippen LogP contribution in [0.1, 0.15) is 37.5 Å². The largest absolute Gasteiger partial charge is 0.352 e. The van der Waals surface area contributed by atoms with Crippen LogP contribution in [0.5, 0.6) is 0 Å². The van der Waals surface area contributed by atoms with Crippen molar-refractivity contribution < 1.29 is 18.0 Å². The van der Waals surface area contributed by atoms with Crippen LogP contribution in [0.4, 0.5) is 5.69 Å². The second-order valence-electron chi connectivity index (χ2n) is 11.0. The number of carbonyl (C=O) groups excluding carboxylic acids is 2. The number of hydrogen-bond acceptors (Lipinski definition) is 4. The molecule has 1 atom stereocenters. The van der Waals surface area contributed by atoms with Gasteiger partial charge in [0.2, 0.25) is 11.8 Å². The van der Waals surface area contributed by atoms with Crippen LogP contribution < -0.4 is 9.62 Å². The zero-order valence-electron chi connectivity index (χ0n) is 25.5. The maximum Gasteiger partial charge on any atom is 0.264 e. The highest BCUT2D eigenvalue weighted by Crippen LogP contribution is 2.27. The van der Waals surface area contributed by atoms with Crippen LogP contribution in [-0.4, -0.2) is 43.8 Å². The van der Waals surface area contributed by atoms with E-state index in [1.807, 2.05) is 63.2 Å². The van der Waals surface area contributed by atoms with Gasteiger partial charge in [-0.05, 0) is 73.4 Å². The molecule has 10 heteroatoms. The smallest absolute Gasteiger partial charge is 0.264 e. The average Bonchev–Trinajstić information content (AvgIpc) is 3.03. The van der Waals surface area contributed by atoms with E-state index in [9.17, 15) is 18.0 Å². The highest BCUT2D eigenvalue weighted by Gasteiger charge is 2.34. The predicted molar refractivity (Wildman–Crippen MR) is 181 cm³/mol. The van der Waals surface area contributed by atoms with Crippen molar-refractivity contribution in [2.75, 3.05) is 10.8 Å². The van der Waals surface area contributed by atoms with E-state index >= 15 is 0 Å². The topological polar surface area (TPSA) is 86.8 Å². The lowest BCUT2D eigenvalue weighted by Crippen LogP contribution is -2.54. The van der Waals surface area contributed by atoms with Crippen LogP contribution in [-0.2, 0) is 39.0 Å². The molecule has 236 valence electrons. The summed E-state index contributed by atoms with van der Waals surface area (Å²) >= 11 is 12.5. The number of rotatable bonds is 13. The lowest BCUT2D eigenvalue weighted by molar-refractivity contribution is -0.140. The maximum atomic E-state index is 14.5. The summed E-state index contributed by atoms with van der Waals surface area (Å²) in [7, 11) is -4.16. The Kier molecular flexibility index (Phi) is 11.7. The molecule has 4 rings (SSSR count). The van der Waals surface area contributed by atoms with Gasteiger partial charge in [0.25, 0.3) is 10.0 Å². The molecule has 0 aliphatic carbocycles. The molecule has 1 N–H and O–H groups in total. The van der Waals surface area contributed by atoms with Crippen LogP contribution in [0.3, 0.4) is 0 Å². The van der Waals surface area contributed by atoms with Gasteiger partial charge in [0.1, 0.15) is 12.6 Å². The fourth-order valence-electron chi connectivity index (χ4n) is 4.92. The SMILES string of the molecule is CCc1ccc(N(CC(=O)N(Cc2ccc(Cl)c(Cl)c2)[C@H](Cc2ccccc2)C(=O)NC(C)C)S(=O)(=O)c2ccccc2)cc1. The number of sulfonamides is 1. The number of hydrogen-bond donors (Lipinski definition) is 1. The van der Waals surface area contributed by atoms with Gasteiger partial charge in [-0.2, -0.15) is 0 Å². The highest BCUT2D eigenvalue weighted by molar-refractivity contribution is 7.92. The normalized spacial score (nSPS) is 12.0. The van der Waals surface area contributed by atoms with E-state index < -0.39 is 28.5 Å². The Morgan fingerprint density at radius 1 is 0.778 bits per heavy atom. The second-order valence-corrected chi connectivity index (χ2v) is 13.7. The molecule has 0 heterocycles. The fraction of sp³-hybridized carbons (Fsp3) is 0.257. The number of nitrogens with zero attached hydrogens (tertiary/aromatic N) is 2. The van der Waals surface area contributed by atoms with Gasteiger partial charge < -0.3 is 10.2 Å². The molecule has 0 aromatic heterocycles. The second kappa shape index (κ2) is 15.4. The van der Waals surface area contributed by atoms with Crippen LogP contribution in [0, 0.1) is 0 Å². The number of anilines is 1. The number of benzene rings is 4. The Bertz CT molecular complexity index is 1700. The third-order valence-electron chi connectivity index (χ3n) is 7.28. The monoisotopic (exact) mass is 665 g/mol.